The molecule has 0 saturated carbocycles. The second kappa shape index (κ2) is 5.45. The van der Waals surface area contributed by atoms with Crippen molar-refractivity contribution in [3.63, 3.8) is 0 Å². The maximum atomic E-state index is 10.5. The first kappa shape index (κ1) is 11.6. The van der Waals surface area contributed by atoms with E-state index in [1.807, 2.05) is 0 Å². The van der Waals surface area contributed by atoms with Crippen molar-refractivity contribution < 1.29 is 4.92 Å². The van der Waals surface area contributed by atoms with Crippen molar-refractivity contribution in [3.05, 3.63) is 20.8 Å². The van der Waals surface area contributed by atoms with Crippen LogP contribution in [-0.2, 0) is 6.54 Å². The van der Waals surface area contributed by atoms with Crippen LogP contribution < -0.4 is 0 Å². The van der Waals surface area contributed by atoms with E-state index in [2.05, 4.69) is 37.0 Å². The molecule has 0 aliphatic rings. The fourth-order valence-electron chi connectivity index (χ4n) is 0.993. The molecule has 0 aromatic carbocycles. The zero-order valence-corrected chi connectivity index (χ0v) is 10.5. The summed E-state index contributed by atoms with van der Waals surface area (Å²) in [5, 5.41) is 15.2. The van der Waals surface area contributed by atoms with Gasteiger partial charge in [0.15, 0.2) is 0 Å². The van der Waals surface area contributed by atoms with Crippen LogP contribution in [0.25, 0.3) is 0 Å². The lowest BCUT2D eigenvalue weighted by Crippen LogP contribution is -1.99. The monoisotopic (exact) mass is 325 g/mol. The maximum absolute atomic E-state index is 10.5. The second-order valence-corrected chi connectivity index (χ2v) is 4.36. The van der Waals surface area contributed by atoms with E-state index in [4.69, 9.17) is 0 Å². The summed E-state index contributed by atoms with van der Waals surface area (Å²) in [6.45, 7) is 0.706. The molecule has 0 aliphatic carbocycles. The molecule has 5 nitrogen and oxygen atoms in total. The normalized spacial score (nSPS) is 10.4. The molecule has 0 fully saturated rings. The number of unbranched alkanes of at least 4 members (excludes halogenated alkanes) is 1. The van der Waals surface area contributed by atoms with Gasteiger partial charge in [0.2, 0.25) is 0 Å². The molecule has 1 aromatic rings. The minimum atomic E-state index is -0.495. The third kappa shape index (κ3) is 3.06. The quantitative estimate of drug-likeness (QED) is 0.362. The van der Waals surface area contributed by atoms with Crippen molar-refractivity contribution in [2.75, 3.05) is 5.33 Å². The van der Waals surface area contributed by atoms with Crippen LogP contribution in [0.2, 0.25) is 0 Å². The number of nitrogens with zero attached hydrogens (tertiary/aromatic N) is 3. The van der Waals surface area contributed by atoms with E-state index < -0.39 is 4.92 Å². The summed E-state index contributed by atoms with van der Waals surface area (Å²) in [6, 6.07) is 0. The summed E-state index contributed by atoms with van der Waals surface area (Å²) in [4.78, 5) is 9.96. The molecule has 0 saturated heterocycles. The van der Waals surface area contributed by atoms with Gasteiger partial charge in [-0.3, -0.25) is 0 Å². The Labute approximate surface area is 97.9 Å². The molecule has 0 aliphatic heterocycles. The standard InChI is InChI=1S/C7H9Br2N3O2/c8-3-1-2-4-11-5-6(9)7(10-11)12(13)14/h5H,1-4H2. The van der Waals surface area contributed by atoms with Crippen LogP contribution in [0.5, 0.6) is 0 Å². The van der Waals surface area contributed by atoms with E-state index in [1.165, 1.54) is 0 Å². The Hall–Kier alpha value is -0.430. The molecular weight excluding hydrogens is 318 g/mol. The molecule has 1 rings (SSSR count). The summed E-state index contributed by atoms with van der Waals surface area (Å²) in [5.74, 6) is -0.121. The lowest BCUT2D eigenvalue weighted by molar-refractivity contribution is -0.390. The SMILES string of the molecule is O=[N+]([O-])c1nn(CCCCBr)cc1Br. The Morgan fingerprint density at radius 3 is 2.79 bits per heavy atom. The smallest absolute Gasteiger partial charge is 0.358 e. The second-order valence-electron chi connectivity index (χ2n) is 2.72. The zero-order chi connectivity index (χ0) is 10.6. The summed E-state index contributed by atoms with van der Waals surface area (Å²) in [7, 11) is 0. The van der Waals surface area contributed by atoms with Gasteiger partial charge in [0.05, 0.1) is 17.8 Å². The van der Waals surface area contributed by atoms with Crippen LogP contribution in [-0.4, -0.2) is 20.0 Å². The fraction of sp³-hybridized carbons (Fsp3) is 0.571. The Morgan fingerprint density at radius 2 is 2.29 bits per heavy atom. The molecule has 14 heavy (non-hydrogen) atoms. The first-order chi connectivity index (χ1) is 6.65. The molecule has 0 amide bonds. The Morgan fingerprint density at radius 1 is 1.57 bits per heavy atom. The molecule has 7 heteroatoms. The minimum absolute atomic E-state index is 0.121. The predicted octanol–water partition coefficient (Wildman–Crippen LogP) is 2.73. The van der Waals surface area contributed by atoms with Crippen LogP contribution in [0.3, 0.4) is 0 Å². The van der Waals surface area contributed by atoms with Crippen molar-refractivity contribution in [1.82, 2.24) is 9.78 Å². The van der Waals surface area contributed by atoms with Crippen molar-refractivity contribution in [2.45, 2.75) is 19.4 Å². The van der Waals surface area contributed by atoms with Gasteiger partial charge < -0.3 is 10.1 Å². The van der Waals surface area contributed by atoms with Crippen LogP contribution >= 0.6 is 31.9 Å². The highest BCUT2D eigenvalue weighted by Gasteiger charge is 2.17. The molecule has 78 valence electrons. The van der Waals surface area contributed by atoms with Gasteiger partial charge in [0.25, 0.3) is 0 Å². The summed E-state index contributed by atoms with van der Waals surface area (Å²) in [5.41, 5.74) is 0. The Balaban J connectivity index is 2.62. The van der Waals surface area contributed by atoms with Crippen molar-refractivity contribution in [1.29, 1.82) is 0 Å². The van der Waals surface area contributed by atoms with Crippen LogP contribution in [0.15, 0.2) is 10.7 Å². The van der Waals surface area contributed by atoms with E-state index in [9.17, 15) is 10.1 Å². The topological polar surface area (TPSA) is 61.0 Å². The molecule has 0 spiro atoms. The average molecular weight is 327 g/mol. The highest BCUT2D eigenvalue weighted by Crippen LogP contribution is 2.22. The Kier molecular flexibility index (Phi) is 4.53. The number of hydrogen-bond acceptors (Lipinski definition) is 3. The van der Waals surface area contributed by atoms with E-state index in [-0.39, 0.29) is 5.82 Å². The number of hydrogen-bond donors (Lipinski definition) is 0. The number of aromatic nitrogens is 2. The van der Waals surface area contributed by atoms with Crippen LogP contribution in [0, 0.1) is 10.1 Å². The summed E-state index contributed by atoms with van der Waals surface area (Å²) < 4.78 is 2.02. The van der Waals surface area contributed by atoms with E-state index in [0.29, 0.717) is 11.0 Å². The number of aryl methyl sites for hydroxylation is 1. The van der Waals surface area contributed by atoms with Gasteiger partial charge >= 0.3 is 5.82 Å². The van der Waals surface area contributed by atoms with Crippen LogP contribution in [0.4, 0.5) is 5.82 Å². The van der Waals surface area contributed by atoms with Crippen LogP contribution in [0.1, 0.15) is 12.8 Å². The number of alkyl halides is 1. The van der Waals surface area contributed by atoms with Gasteiger partial charge in [-0.2, -0.15) is 4.68 Å². The third-order valence-corrected chi connectivity index (χ3v) is 2.76. The van der Waals surface area contributed by atoms with Crippen molar-refractivity contribution >= 4 is 37.7 Å². The molecule has 1 aromatic heterocycles. The minimum Gasteiger partial charge on any atom is -0.358 e. The lowest BCUT2D eigenvalue weighted by Gasteiger charge is -1.93. The fourth-order valence-corrected chi connectivity index (χ4v) is 1.85. The molecule has 0 N–H and O–H groups in total. The molecular formula is C7H9Br2N3O2. The highest BCUT2D eigenvalue weighted by molar-refractivity contribution is 9.10. The van der Waals surface area contributed by atoms with Gasteiger partial charge in [-0.05, 0) is 33.7 Å². The molecule has 0 bridgehead atoms. The van der Waals surface area contributed by atoms with Gasteiger partial charge in [0, 0.05) is 5.33 Å². The van der Waals surface area contributed by atoms with Gasteiger partial charge in [-0.15, -0.1) is 0 Å². The largest absolute Gasteiger partial charge is 0.404 e. The number of rotatable bonds is 5. The molecule has 0 atom stereocenters. The zero-order valence-electron chi connectivity index (χ0n) is 7.32. The predicted molar refractivity (Wildman–Crippen MR) is 59.6 cm³/mol. The highest BCUT2D eigenvalue weighted by atomic mass is 79.9. The maximum Gasteiger partial charge on any atom is 0.404 e. The van der Waals surface area contributed by atoms with Crippen molar-refractivity contribution in [3.8, 4) is 0 Å². The number of halogens is 2. The van der Waals surface area contributed by atoms with E-state index >= 15 is 0 Å². The van der Waals surface area contributed by atoms with Crippen molar-refractivity contribution in [2.24, 2.45) is 0 Å². The number of nitro groups is 1. The summed E-state index contributed by atoms with van der Waals surface area (Å²) >= 11 is 6.41. The van der Waals surface area contributed by atoms with Gasteiger partial charge in [-0.1, -0.05) is 15.9 Å². The van der Waals surface area contributed by atoms with Gasteiger partial charge in [-0.25, -0.2) is 0 Å². The summed E-state index contributed by atoms with van der Waals surface area (Å²) in [6.07, 6.45) is 3.62. The van der Waals surface area contributed by atoms with E-state index in [0.717, 1.165) is 18.2 Å². The molecule has 0 unspecified atom stereocenters. The first-order valence-corrected chi connectivity index (χ1v) is 6.00. The third-order valence-electron chi connectivity index (χ3n) is 1.64. The molecule has 1 heterocycles. The first-order valence-electron chi connectivity index (χ1n) is 4.08. The lowest BCUT2D eigenvalue weighted by atomic mass is 10.3. The molecule has 0 radical (unpaired) electrons. The van der Waals surface area contributed by atoms with Gasteiger partial charge in [0.1, 0.15) is 4.47 Å². The van der Waals surface area contributed by atoms with E-state index in [1.54, 1.807) is 10.9 Å². The Bertz CT molecular complexity index is 327. The average Bonchev–Trinajstić information content (AvgIpc) is 2.47.